The predicted octanol–water partition coefficient (Wildman–Crippen LogP) is 3.73. The van der Waals surface area contributed by atoms with Gasteiger partial charge in [-0.2, -0.15) is 4.57 Å². The highest BCUT2D eigenvalue weighted by Gasteiger charge is 2.32. The first-order valence-electron chi connectivity index (χ1n) is 8.28. The second-order valence-corrected chi connectivity index (χ2v) is 6.46. The zero-order valence-corrected chi connectivity index (χ0v) is 13.8. The van der Waals surface area contributed by atoms with E-state index >= 15 is 0 Å². The average molecular weight is 312 g/mol. The predicted molar refractivity (Wildman–Crippen MR) is 95.2 cm³/mol. The first-order chi connectivity index (χ1) is 11.8. The van der Waals surface area contributed by atoms with Crippen molar-refractivity contribution >= 4 is 10.9 Å². The Kier molecular flexibility index (Phi) is 2.69. The Bertz CT molecular complexity index is 1110. The number of imidazole rings is 1. The third kappa shape index (κ3) is 1.67. The van der Waals surface area contributed by atoms with Crippen molar-refractivity contribution < 1.29 is 4.57 Å². The van der Waals surface area contributed by atoms with Crippen molar-refractivity contribution in [1.29, 1.82) is 0 Å². The molecule has 0 bridgehead atoms. The van der Waals surface area contributed by atoms with Gasteiger partial charge in [-0.3, -0.25) is 4.57 Å². The van der Waals surface area contributed by atoms with Crippen molar-refractivity contribution in [2.24, 2.45) is 7.05 Å². The molecule has 0 radical (unpaired) electrons. The smallest absolute Gasteiger partial charge is 0.237 e. The van der Waals surface area contributed by atoms with Crippen LogP contribution in [0.3, 0.4) is 0 Å². The molecule has 0 atom stereocenters. The maximum absolute atomic E-state index is 4.56. The summed E-state index contributed by atoms with van der Waals surface area (Å²) in [7, 11) is 2.17. The van der Waals surface area contributed by atoms with Gasteiger partial charge in [0.05, 0.1) is 10.9 Å². The van der Waals surface area contributed by atoms with Crippen LogP contribution in [0.2, 0.25) is 0 Å². The topological polar surface area (TPSA) is 21.7 Å². The van der Waals surface area contributed by atoms with Gasteiger partial charge in [0.25, 0.3) is 0 Å². The van der Waals surface area contributed by atoms with Crippen LogP contribution >= 0.6 is 0 Å². The van der Waals surface area contributed by atoms with Gasteiger partial charge in [0.2, 0.25) is 11.2 Å². The number of para-hydroxylation sites is 1. The number of pyridine rings is 1. The summed E-state index contributed by atoms with van der Waals surface area (Å²) in [5.74, 6) is 1.12. The maximum Gasteiger partial charge on any atom is 0.237 e. The Morgan fingerprint density at radius 3 is 2.71 bits per heavy atom. The number of hydrogen-bond acceptors (Lipinski definition) is 1. The van der Waals surface area contributed by atoms with Crippen LogP contribution in [0, 0.1) is 6.92 Å². The highest BCUT2D eigenvalue weighted by atomic mass is 15.1. The third-order valence-electron chi connectivity index (χ3n) is 5.13. The summed E-state index contributed by atoms with van der Waals surface area (Å²) in [5, 5.41) is 1.32. The van der Waals surface area contributed by atoms with Crippen molar-refractivity contribution in [1.82, 2.24) is 9.55 Å². The monoisotopic (exact) mass is 312 g/mol. The number of aromatic nitrogens is 3. The molecule has 3 heteroatoms. The number of hydrogen-bond donors (Lipinski definition) is 0. The number of benzene rings is 2. The molecule has 2 aromatic carbocycles. The quantitative estimate of drug-likeness (QED) is 0.432. The molecule has 5 rings (SSSR count). The van der Waals surface area contributed by atoms with E-state index in [1.807, 2.05) is 6.20 Å². The lowest BCUT2D eigenvalue weighted by Gasteiger charge is -2.13. The molecule has 3 nitrogen and oxygen atoms in total. The van der Waals surface area contributed by atoms with Gasteiger partial charge in [-0.25, -0.2) is 4.98 Å². The maximum atomic E-state index is 4.56. The van der Waals surface area contributed by atoms with E-state index in [4.69, 9.17) is 0 Å². The molecule has 116 valence electrons. The van der Waals surface area contributed by atoms with Crippen molar-refractivity contribution in [3.8, 4) is 16.9 Å². The lowest BCUT2D eigenvalue weighted by atomic mass is 9.98. The zero-order chi connectivity index (χ0) is 16.3. The van der Waals surface area contributed by atoms with E-state index in [1.165, 1.54) is 39.0 Å². The molecule has 0 amide bonds. The number of nitrogens with zero attached hydrogens (tertiary/aromatic N) is 3. The van der Waals surface area contributed by atoms with Gasteiger partial charge in [0, 0.05) is 30.4 Å². The minimum absolute atomic E-state index is 0.891. The van der Waals surface area contributed by atoms with Gasteiger partial charge in [-0.15, -0.1) is 0 Å². The Morgan fingerprint density at radius 1 is 1.04 bits per heavy atom. The van der Waals surface area contributed by atoms with Crippen LogP contribution in [0.1, 0.15) is 17.0 Å². The van der Waals surface area contributed by atoms with E-state index in [-0.39, 0.29) is 0 Å². The Balaban J connectivity index is 2.00. The summed E-state index contributed by atoms with van der Waals surface area (Å²) in [6.07, 6.45) is 4.87. The molecule has 4 aromatic rings. The number of fused-ring (bicyclic) bond motifs is 5. The standard InChI is InChI=1S/C21H18N3/c1-14-7-3-4-8-15(14)20-21-17(13-19-22-11-12-24(19)21)16-9-5-6-10-18(16)23(20)2/h3-12H,13H2,1-2H3/q+1. The van der Waals surface area contributed by atoms with Gasteiger partial charge in [0.15, 0.2) is 0 Å². The van der Waals surface area contributed by atoms with Crippen LogP contribution < -0.4 is 4.57 Å². The van der Waals surface area contributed by atoms with Crippen molar-refractivity contribution in [2.45, 2.75) is 13.3 Å². The Labute approximate surface area is 140 Å². The normalized spacial score (nSPS) is 12.4. The molecule has 0 unspecified atom stereocenters. The van der Waals surface area contributed by atoms with Crippen LogP contribution in [0.25, 0.3) is 27.8 Å². The van der Waals surface area contributed by atoms with E-state index in [2.05, 4.69) is 82.8 Å². The van der Waals surface area contributed by atoms with Crippen molar-refractivity contribution in [3.63, 3.8) is 0 Å². The van der Waals surface area contributed by atoms with Crippen molar-refractivity contribution in [2.75, 3.05) is 0 Å². The SMILES string of the molecule is Cc1ccccc1-c1c2c(c3ccccc3[n+]1C)Cc1nccn1-2. The molecular weight excluding hydrogens is 294 g/mol. The molecule has 24 heavy (non-hydrogen) atoms. The molecule has 0 aliphatic carbocycles. The first-order valence-corrected chi connectivity index (χ1v) is 8.28. The van der Waals surface area contributed by atoms with Gasteiger partial charge in [-0.05, 0) is 24.6 Å². The second-order valence-electron chi connectivity index (χ2n) is 6.46. The fourth-order valence-electron chi connectivity index (χ4n) is 3.98. The number of rotatable bonds is 1. The molecule has 1 aliphatic rings. The average Bonchev–Trinajstić information content (AvgIpc) is 3.18. The molecule has 2 aromatic heterocycles. The lowest BCUT2D eigenvalue weighted by molar-refractivity contribution is -0.633. The molecule has 1 aliphatic heterocycles. The summed E-state index contributed by atoms with van der Waals surface area (Å²) in [6.45, 7) is 2.18. The van der Waals surface area contributed by atoms with Crippen LogP contribution in [0.4, 0.5) is 0 Å². The molecule has 0 saturated carbocycles. The Hall–Kier alpha value is -2.94. The van der Waals surface area contributed by atoms with E-state index in [1.54, 1.807) is 0 Å². The van der Waals surface area contributed by atoms with Crippen LogP contribution in [-0.4, -0.2) is 9.55 Å². The summed E-state index contributed by atoms with van der Waals surface area (Å²) >= 11 is 0. The van der Waals surface area contributed by atoms with Gasteiger partial charge < -0.3 is 0 Å². The van der Waals surface area contributed by atoms with Crippen molar-refractivity contribution in [3.05, 3.63) is 77.9 Å². The molecule has 0 N–H and O–H groups in total. The molecule has 0 fully saturated rings. The van der Waals surface area contributed by atoms with Gasteiger partial charge >= 0.3 is 0 Å². The molecule has 0 spiro atoms. The van der Waals surface area contributed by atoms with E-state index in [9.17, 15) is 0 Å². The molecule has 0 saturated heterocycles. The summed E-state index contributed by atoms with van der Waals surface area (Å²) < 4.78 is 4.58. The van der Waals surface area contributed by atoms with Gasteiger partial charge in [0.1, 0.15) is 18.6 Å². The van der Waals surface area contributed by atoms with Crippen LogP contribution in [0.5, 0.6) is 0 Å². The molecule has 3 heterocycles. The highest BCUT2D eigenvalue weighted by molar-refractivity contribution is 5.88. The van der Waals surface area contributed by atoms with Crippen LogP contribution in [0.15, 0.2) is 60.9 Å². The van der Waals surface area contributed by atoms with Crippen LogP contribution in [-0.2, 0) is 13.5 Å². The Morgan fingerprint density at radius 2 is 1.83 bits per heavy atom. The third-order valence-corrected chi connectivity index (χ3v) is 5.13. The van der Waals surface area contributed by atoms with E-state index in [0.29, 0.717) is 0 Å². The second kappa shape index (κ2) is 4.78. The fraction of sp³-hybridized carbons (Fsp3) is 0.143. The zero-order valence-electron chi connectivity index (χ0n) is 13.8. The summed E-state index contributed by atoms with van der Waals surface area (Å²) in [6, 6.07) is 17.3. The van der Waals surface area contributed by atoms with Gasteiger partial charge in [-0.1, -0.05) is 30.3 Å². The van der Waals surface area contributed by atoms with E-state index in [0.717, 1.165) is 12.2 Å². The molecular formula is C21H18N3+. The minimum Gasteiger partial charge on any atom is -0.297 e. The summed E-state index contributed by atoms with van der Waals surface area (Å²) in [5.41, 5.74) is 7.75. The fourth-order valence-corrected chi connectivity index (χ4v) is 3.98. The highest BCUT2D eigenvalue weighted by Crippen LogP contribution is 2.38. The first kappa shape index (κ1) is 13.5. The minimum atomic E-state index is 0.891. The summed E-state index contributed by atoms with van der Waals surface area (Å²) in [4.78, 5) is 4.56. The largest absolute Gasteiger partial charge is 0.297 e. The number of aryl methyl sites for hydroxylation is 2. The van der Waals surface area contributed by atoms with E-state index < -0.39 is 0 Å². The lowest BCUT2D eigenvalue weighted by Crippen LogP contribution is -2.34.